The van der Waals surface area contributed by atoms with Crippen LogP contribution in [0.1, 0.15) is 16.7 Å². The Labute approximate surface area is 181 Å². The van der Waals surface area contributed by atoms with E-state index in [0.29, 0.717) is 22.2 Å². The Balaban J connectivity index is 1.68. The molecule has 156 valence electrons. The average Bonchev–Trinajstić information content (AvgIpc) is 3.20. The lowest BCUT2D eigenvalue weighted by atomic mass is 10.1. The molecule has 31 heavy (non-hydrogen) atoms. The summed E-state index contributed by atoms with van der Waals surface area (Å²) in [5.41, 5.74) is 0.637. The second-order valence-corrected chi connectivity index (χ2v) is 8.67. The Morgan fingerprint density at radius 3 is 2.68 bits per heavy atom. The molecule has 4 rings (SSSR count). The molecular formula is C21H13ClF2N4O2S. The van der Waals surface area contributed by atoms with E-state index >= 15 is 0 Å². The van der Waals surface area contributed by atoms with Gasteiger partial charge in [0.1, 0.15) is 5.82 Å². The largest absolute Gasteiger partial charge is 0.277 e. The highest BCUT2D eigenvalue weighted by Crippen LogP contribution is 2.26. The zero-order chi connectivity index (χ0) is 22.2. The number of nitrogens with zero attached hydrogens (tertiary/aromatic N) is 2. The fourth-order valence-corrected chi connectivity index (χ4v) is 4.06. The molecule has 0 fully saturated rings. The SMILES string of the molecule is Cc1ccc(S(=O)(=O)Nc2ccc(F)c(C#Cc3cnc4[nH]ncc4c3)c2F)cc1Cl. The number of pyridine rings is 1. The molecule has 2 aromatic heterocycles. The van der Waals surface area contributed by atoms with E-state index in [2.05, 4.69) is 31.7 Å². The minimum absolute atomic E-state index is 0.154. The van der Waals surface area contributed by atoms with Gasteiger partial charge in [-0.1, -0.05) is 29.5 Å². The number of fused-ring (bicyclic) bond motifs is 1. The highest BCUT2D eigenvalue weighted by molar-refractivity contribution is 7.92. The first-order chi connectivity index (χ1) is 14.7. The normalized spacial score (nSPS) is 11.2. The number of hydrogen-bond donors (Lipinski definition) is 2. The van der Waals surface area contributed by atoms with E-state index in [9.17, 15) is 17.2 Å². The third-order valence-corrected chi connectivity index (χ3v) is 6.18. The Morgan fingerprint density at radius 2 is 1.90 bits per heavy atom. The smallest absolute Gasteiger partial charge is 0.262 e. The second-order valence-electron chi connectivity index (χ2n) is 6.58. The van der Waals surface area contributed by atoms with Crippen LogP contribution in [-0.2, 0) is 10.0 Å². The van der Waals surface area contributed by atoms with Crippen LogP contribution in [-0.4, -0.2) is 23.6 Å². The van der Waals surface area contributed by atoms with E-state index in [4.69, 9.17) is 11.6 Å². The van der Waals surface area contributed by atoms with Gasteiger partial charge in [-0.05, 0) is 42.8 Å². The van der Waals surface area contributed by atoms with Crippen molar-refractivity contribution in [1.82, 2.24) is 15.2 Å². The Morgan fingerprint density at radius 1 is 1.10 bits per heavy atom. The number of nitrogens with one attached hydrogen (secondary N) is 2. The molecule has 2 N–H and O–H groups in total. The zero-order valence-electron chi connectivity index (χ0n) is 15.9. The summed E-state index contributed by atoms with van der Waals surface area (Å²) in [6.45, 7) is 1.72. The van der Waals surface area contributed by atoms with Gasteiger partial charge in [-0.15, -0.1) is 0 Å². The molecule has 0 saturated carbocycles. The molecule has 4 aromatic rings. The molecule has 0 aliphatic heterocycles. The predicted octanol–water partition coefficient (Wildman–Crippen LogP) is 4.40. The monoisotopic (exact) mass is 458 g/mol. The van der Waals surface area contributed by atoms with E-state index in [1.807, 2.05) is 0 Å². The van der Waals surface area contributed by atoms with Crippen LogP contribution in [0.3, 0.4) is 0 Å². The van der Waals surface area contributed by atoms with Crippen LogP contribution in [0.25, 0.3) is 11.0 Å². The number of hydrogen-bond acceptors (Lipinski definition) is 4. The minimum Gasteiger partial charge on any atom is -0.277 e. The van der Waals surface area contributed by atoms with Crippen LogP contribution in [0.15, 0.2) is 53.7 Å². The lowest BCUT2D eigenvalue weighted by Gasteiger charge is -2.11. The van der Waals surface area contributed by atoms with Crippen molar-refractivity contribution in [2.45, 2.75) is 11.8 Å². The minimum atomic E-state index is -4.16. The van der Waals surface area contributed by atoms with Gasteiger partial charge in [-0.3, -0.25) is 9.82 Å². The number of benzene rings is 2. The van der Waals surface area contributed by atoms with E-state index in [-0.39, 0.29) is 9.92 Å². The quantitative estimate of drug-likeness (QED) is 0.445. The molecule has 2 heterocycles. The van der Waals surface area contributed by atoms with Crippen molar-refractivity contribution in [1.29, 1.82) is 0 Å². The number of aromatic amines is 1. The Kier molecular flexibility index (Phi) is 5.35. The molecule has 10 heteroatoms. The van der Waals surface area contributed by atoms with Crippen molar-refractivity contribution in [2.24, 2.45) is 0 Å². The summed E-state index contributed by atoms with van der Waals surface area (Å²) in [5.74, 6) is 2.98. The maximum Gasteiger partial charge on any atom is 0.262 e. The third kappa shape index (κ3) is 4.21. The van der Waals surface area contributed by atoms with E-state index in [1.54, 1.807) is 19.2 Å². The molecule has 0 atom stereocenters. The molecular weight excluding hydrogens is 446 g/mol. The van der Waals surface area contributed by atoms with Crippen LogP contribution >= 0.6 is 11.6 Å². The van der Waals surface area contributed by atoms with Crippen molar-refractivity contribution < 1.29 is 17.2 Å². The van der Waals surface area contributed by atoms with Gasteiger partial charge in [0.25, 0.3) is 10.0 Å². The molecule has 6 nitrogen and oxygen atoms in total. The number of anilines is 1. The lowest BCUT2D eigenvalue weighted by molar-refractivity contribution is 0.578. The van der Waals surface area contributed by atoms with Gasteiger partial charge in [0.05, 0.1) is 22.3 Å². The van der Waals surface area contributed by atoms with Crippen molar-refractivity contribution in [3.05, 3.63) is 82.1 Å². The van der Waals surface area contributed by atoms with E-state index < -0.39 is 32.9 Å². The zero-order valence-corrected chi connectivity index (χ0v) is 17.4. The highest BCUT2D eigenvalue weighted by Gasteiger charge is 2.20. The summed E-state index contributed by atoms with van der Waals surface area (Å²) >= 11 is 5.98. The molecule has 0 unspecified atom stereocenters. The van der Waals surface area contributed by atoms with Gasteiger partial charge >= 0.3 is 0 Å². The molecule has 0 saturated heterocycles. The van der Waals surface area contributed by atoms with Crippen molar-refractivity contribution >= 4 is 38.3 Å². The van der Waals surface area contributed by atoms with Crippen molar-refractivity contribution in [3.63, 3.8) is 0 Å². The first kappa shape index (κ1) is 20.8. The summed E-state index contributed by atoms with van der Waals surface area (Å²) in [5, 5.41) is 7.46. The second kappa shape index (κ2) is 7.98. The van der Waals surface area contributed by atoms with E-state index in [1.165, 1.54) is 24.4 Å². The van der Waals surface area contributed by atoms with Gasteiger partial charge in [-0.2, -0.15) is 5.10 Å². The van der Waals surface area contributed by atoms with Gasteiger partial charge < -0.3 is 0 Å². The van der Waals surface area contributed by atoms with Crippen LogP contribution in [0, 0.1) is 30.4 Å². The Bertz CT molecular complexity index is 1490. The Hall–Kier alpha value is -3.48. The molecule has 0 bridgehead atoms. The van der Waals surface area contributed by atoms with Gasteiger partial charge in [0.15, 0.2) is 11.5 Å². The first-order valence-electron chi connectivity index (χ1n) is 8.83. The number of halogens is 3. The maximum absolute atomic E-state index is 14.9. The summed E-state index contributed by atoms with van der Waals surface area (Å²) < 4.78 is 56.5. The molecule has 0 radical (unpaired) electrons. The number of rotatable bonds is 3. The van der Waals surface area contributed by atoms with Crippen LogP contribution in [0.5, 0.6) is 0 Å². The molecule has 0 amide bonds. The first-order valence-corrected chi connectivity index (χ1v) is 10.7. The topological polar surface area (TPSA) is 87.7 Å². The standard InChI is InChI=1S/C21H13ClF2N4O2S/c1-12-2-4-15(9-17(12)22)31(29,30)28-19-7-6-18(23)16(20(19)24)5-3-13-8-14-11-26-27-21(14)25-10-13/h2,4,6-11,28H,1H3,(H,25,26,27). The summed E-state index contributed by atoms with van der Waals surface area (Å²) in [6.07, 6.45) is 2.97. The fraction of sp³-hybridized carbons (Fsp3) is 0.0476. The van der Waals surface area contributed by atoms with E-state index in [0.717, 1.165) is 12.1 Å². The van der Waals surface area contributed by atoms with Crippen LogP contribution < -0.4 is 4.72 Å². The fourth-order valence-electron chi connectivity index (χ4n) is 2.73. The molecule has 0 aliphatic carbocycles. The predicted molar refractivity (Wildman–Crippen MR) is 113 cm³/mol. The molecule has 0 aliphatic rings. The highest BCUT2D eigenvalue weighted by atomic mass is 35.5. The molecule has 2 aromatic carbocycles. The third-order valence-electron chi connectivity index (χ3n) is 4.41. The number of aryl methyl sites for hydroxylation is 1. The summed E-state index contributed by atoms with van der Waals surface area (Å²) in [7, 11) is -4.16. The van der Waals surface area contributed by atoms with Gasteiger partial charge in [0, 0.05) is 22.2 Å². The average molecular weight is 459 g/mol. The number of H-pyrrole nitrogens is 1. The van der Waals surface area contributed by atoms with Crippen molar-refractivity contribution in [3.8, 4) is 11.8 Å². The maximum atomic E-state index is 14.9. The van der Waals surface area contributed by atoms with Crippen LogP contribution in [0.4, 0.5) is 14.5 Å². The van der Waals surface area contributed by atoms with Crippen LogP contribution in [0.2, 0.25) is 5.02 Å². The number of aromatic nitrogens is 3. The summed E-state index contributed by atoms with van der Waals surface area (Å²) in [6, 6.07) is 7.69. The van der Waals surface area contributed by atoms with Crippen molar-refractivity contribution in [2.75, 3.05) is 4.72 Å². The molecule has 0 spiro atoms. The lowest BCUT2D eigenvalue weighted by Crippen LogP contribution is -2.15. The number of sulfonamides is 1. The summed E-state index contributed by atoms with van der Waals surface area (Å²) in [4.78, 5) is 3.95. The van der Waals surface area contributed by atoms with Gasteiger partial charge in [-0.25, -0.2) is 22.2 Å². The van der Waals surface area contributed by atoms with Gasteiger partial charge in [0.2, 0.25) is 0 Å².